The summed E-state index contributed by atoms with van der Waals surface area (Å²) in [5.74, 6) is -1.05. The van der Waals surface area contributed by atoms with Crippen molar-refractivity contribution in [2.24, 2.45) is 11.8 Å². The minimum atomic E-state index is -1.02. The number of ketones is 1. The fraction of sp³-hybridized carbons (Fsp3) is 0.594. The summed E-state index contributed by atoms with van der Waals surface area (Å²) in [4.78, 5) is 41.3. The van der Waals surface area contributed by atoms with E-state index in [2.05, 4.69) is 0 Å². The van der Waals surface area contributed by atoms with Gasteiger partial charge in [-0.2, -0.15) is 0 Å². The molecule has 1 saturated heterocycles. The first kappa shape index (κ1) is 30.6. The predicted molar refractivity (Wildman–Crippen MR) is 151 cm³/mol. The van der Waals surface area contributed by atoms with Crippen molar-refractivity contribution in [2.75, 3.05) is 6.61 Å². The topological polar surface area (TPSA) is 93.1 Å². The Labute approximate surface area is 233 Å². The number of carbonyl (C=O) groups is 3. The molecule has 7 nitrogen and oxygen atoms in total. The molecule has 1 fully saturated rings. The summed E-state index contributed by atoms with van der Waals surface area (Å²) in [5, 5.41) is 8.87. The van der Waals surface area contributed by atoms with Gasteiger partial charge in [0.15, 0.2) is 11.9 Å². The van der Waals surface area contributed by atoms with Gasteiger partial charge in [0, 0.05) is 6.61 Å². The van der Waals surface area contributed by atoms with E-state index in [9.17, 15) is 14.4 Å². The lowest BCUT2D eigenvalue weighted by Gasteiger charge is -2.35. The number of hydrogen-bond acceptors (Lipinski definition) is 6. The zero-order valence-electron chi connectivity index (χ0n) is 23.9. The summed E-state index contributed by atoms with van der Waals surface area (Å²) in [6, 6.07) is 9.05. The van der Waals surface area contributed by atoms with Gasteiger partial charge < -0.3 is 14.6 Å². The molecule has 0 aliphatic carbocycles. The smallest absolute Gasteiger partial charge is 0.417 e. The zero-order valence-corrected chi connectivity index (χ0v) is 23.9. The van der Waals surface area contributed by atoms with Crippen molar-refractivity contribution >= 4 is 17.8 Å². The van der Waals surface area contributed by atoms with Crippen LogP contribution in [0.1, 0.15) is 84.6 Å². The number of allylic oxidation sites excluding steroid dienone is 2. The highest BCUT2D eigenvalue weighted by Crippen LogP contribution is 2.37. The maximum atomic E-state index is 14.1. The molecule has 39 heavy (non-hydrogen) atoms. The molecule has 3 rings (SSSR count). The van der Waals surface area contributed by atoms with Gasteiger partial charge in [0.1, 0.15) is 11.4 Å². The van der Waals surface area contributed by atoms with E-state index in [4.69, 9.17) is 14.6 Å². The first-order chi connectivity index (χ1) is 18.7. The lowest BCUT2D eigenvalue weighted by molar-refractivity contribution is -0.144. The molecule has 0 aromatic heterocycles. The first-order valence-electron chi connectivity index (χ1n) is 14.4. The van der Waals surface area contributed by atoms with Gasteiger partial charge in [0.2, 0.25) is 5.91 Å². The van der Waals surface area contributed by atoms with E-state index < -0.39 is 35.7 Å². The van der Waals surface area contributed by atoms with Crippen LogP contribution >= 0.6 is 0 Å². The number of amides is 2. The monoisotopic (exact) mass is 539 g/mol. The third kappa shape index (κ3) is 8.28. The molecule has 0 bridgehead atoms. The van der Waals surface area contributed by atoms with Crippen LogP contribution in [0.25, 0.3) is 0 Å². The fourth-order valence-corrected chi connectivity index (χ4v) is 5.74. The minimum absolute atomic E-state index is 0.0271. The van der Waals surface area contributed by atoms with Gasteiger partial charge in [-0.3, -0.25) is 9.59 Å². The van der Waals surface area contributed by atoms with Gasteiger partial charge in [-0.15, -0.1) is 0 Å². The van der Waals surface area contributed by atoms with E-state index in [1.54, 1.807) is 6.08 Å². The maximum Gasteiger partial charge on any atom is 0.417 e. The van der Waals surface area contributed by atoms with Gasteiger partial charge in [-0.1, -0.05) is 76.3 Å². The minimum Gasteiger partial charge on any atom is -0.482 e. The molecule has 2 aliphatic rings. The van der Waals surface area contributed by atoms with E-state index in [1.165, 1.54) is 17.4 Å². The summed E-state index contributed by atoms with van der Waals surface area (Å²) < 4.78 is 11.8. The quantitative estimate of drug-likeness (QED) is 0.285. The number of unbranched alkanes of at least 4 members (excludes halogenated alkanes) is 7. The van der Waals surface area contributed by atoms with E-state index >= 15 is 0 Å². The highest BCUT2D eigenvalue weighted by molar-refractivity contribution is 6.02. The molecule has 3 atom stereocenters. The maximum absolute atomic E-state index is 14.1. The van der Waals surface area contributed by atoms with E-state index in [-0.39, 0.29) is 24.7 Å². The van der Waals surface area contributed by atoms with Crippen LogP contribution in [0.4, 0.5) is 4.79 Å². The predicted octanol–water partition coefficient (Wildman–Crippen LogP) is 6.15. The lowest BCUT2D eigenvalue weighted by Crippen LogP contribution is -2.53. The molecule has 0 spiro atoms. The van der Waals surface area contributed by atoms with E-state index in [0.29, 0.717) is 5.76 Å². The third-order valence-corrected chi connectivity index (χ3v) is 7.55. The zero-order chi connectivity index (χ0) is 28.4. The van der Waals surface area contributed by atoms with Gasteiger partial charge in [-0.25, -0.2) is 9.69 Å². The van der Waals surface area contributed by atoms with E-state index in [0.717, 1.165) is 50.5 Å². The number of nitrogens with zero attached hydrogens (tertiary/aromatic N) is 1. The number of aliphatic hydroxyl groups is 1. The number of cyclic esters (lactones) is 1. The second-order valence-corrected chi connectivity index (χ2v) is 11.5. The Balaban J connectivity index is 1.74. The van der Waals surface area contributed by atoms with Crippen LogP contribution < -0.4 is 0 Å². The van der Waals surface area contributed by atoms with Crippen LogP contribution in [-0.2, 0) is 25.5 Å². The standard InChI is InChI=1S/C32H45NO6/c1-23(2)29-32(3,4)39-31(37)33(29)30(36)26(22-24-16-12-11-13-17-24)28-27(35)20-19-25(38-28)18-14-9-7-5-6-8-10-15-21-34/h11-13,16-20,23,26,28-29,34H,5-10,14-15,21-22H2,1-4H3/t26-,28-,29-/m1/s1. The Hall–Kier alpha value is -2.93. The highest BCUT2D eigenvalue weighted by atomic mass is 16.6. The van der Waals surface area contributed by atoms with Gasteiger partial charge in [0.25, 0.3) is 0 Å². The van der Waals surface area contributed by atoms with Crippen LogP contribution in [-0.4, -0.2) is 52.1 Å². The molecule has 1 aromatic rings. The number of hydrogen-bond donors (Lipinski definition) is 1. The molecule has 214 valence electrons. The SMILES string of the molecule is CC(C)[C@H]1N(C(=O)[C@H](Cc2ccccc2)[C@H]2OC(=CCCCCCCCCCO)C=CC2=O)C(=O)OC1(C)C. The number of imide groups is 1. The average molecular weight is 540 g/mol. The molecule has 2 heterocycles. The molecule has 0 radical (unpaired) electrons. The molecule has 0 unspecified atom stereocenters. The van der Waals surface area contributed by atoms with Gasteiger partial charge >= 0.3 is 6.09 Å². The van der Waals surface area contributed by atoms with Crippen molar-refractivity contribution in [3.63, 3.8) is 0 Å². The van der Waals surface area contributed by atoms with Gasteiger partial charge in [0.05, 0.1) is 12.0 Å². The molecular formula is C32H45NO6. The van der Waals surface area contributed by atoms with Crippen LogP contribution in [0, 0.1) is 11.8 Å². The van der Waals surface area contributed by atoms with Crippen LogP contribution in [0.3, 0.4) is 0 Å². The van der Waals surface area contributed by atoms with Crippen molar-refractivity contribution in [3.05, 3.63) is 59.9 Å². The molecule has 7 heteroatoms. The van der Waals surface area contributed by atoms with Crippen molar-refractivity contribution in [3.8, 4) is 0 Å². The first-order valence-corrected chi connectivity index (χ1v) is 14.4. The normalized spacial score (nSPS) is 22.3. The third-order valence-electron chi connectivity index (χ3n) is 7.55. The summed E-state index contributed by atoms with van der Waals surface area (Å²) >= 11 is 0. The number of ether oxygens (including phenoxy) is 2. The second kappa shape index (κ2) is 14.5. The van der Waals surface area contributed by atoms with Crippen molar-refractivity contribution in [1.29, 1.82) is 0 Å². The Bertz CT molecular complexity index is 1030. The molecule has 1 N–H and O–H groups in total. The summed E-state index contributed by atoms with van der Waals surface area (Å²) in [5.41, 5.74) is 0.0543. The number of rotatable bonds is 14. The second-order valence-electron chi connectivity index (χ2n) is 11.5. The van der Waals surface area contributed by atoms with Crippen LogP contribution in [0.15, 0.2) is 54.3 Å². The van der Waals surface area contributed by atoms with Crippen LogP contribution in [0.2, 0.25) is 0 Å². The number of benzene rings is 1. The van der Waals surface area contributed by atoms with Crippen molar-refractivity contribution in [2.45, 2.75) is 103 Å². The number of carbonyl (C=O) groups excluding carboxylic acids is 3. The molecular weight excluding hydrogens is 494 g/mol. The van der Waals surface area contributed by atoms with Crippen LogP contribution in [0.5, 0.6) is 0 Å². The van der Waals surface area contributed by atoms with Crippen molar-refractivity contribution in [1.82, 2.24) is 4.90 Å². The molecule has 2 aliphatic heterocycles. The molecule has 0 saturated carbocycles. The Kier molecular flexibility index (Phi) is 11.3. The summed E-state index contributed by atoms with van der Waals surface area (Å²) in [6.07, 6.45) is 12.0. The van der Waals surface area contributed by atoms with Crippen molar-refractivity contribution < 1.29 is 29.0 Å². The Morgan fingerprint density at radius 2 is 1.64 bits per heavy atom. The summed E-state index contributed by atoms with van der Waals surface area (Å²) in [6.45, 7) is 7.82. The number of aliphatic hydroxyl groups excluding tert-OH is 1. The fourth-order valence-electron chi connectivity index (χ4n) is 5.74. The average Bonchev–Trinajstić information content (AvgIpc) is 3.15. The summed E-state index contributed by atoms with van der Waals surface area (Å²) in [7, 11) is 0. The highest BCUT2D eigenvalue weighted by Gasteiger charge is 2.54. The Morgan fingerprint density at radius 1 is 1.00 bits per heavy atom. The largest absolute Gasteiger partial charge is 0.482 e. The molecule has 1 aromatic carbocycles. The molecule has 2 amide bonds. The lowest BCUT2D eigenvalue weighted by atomic mass is 9.85. The van der Waals surface area contributed by atoms with Gasteiger partial charge in [-0.05, 0) is 69.2 Å². The van der Waals surface area contributed by atoms with E-state index in [1.807, 2.05) is 64.1 Å². The Morgan fingerprint density at radius 3 is 2.28 bits per heavy atom.